The topological polar surface area (TPSA) is 232 Å². The molecule has 15 heavy (non-hydrogen) atoms. The van der Waals surface area contributed by atoms with Crippen molar-refractivity contribution in [2.45, 2.75) is 0 Å². The molecule has 0 atom stereocenters. The van der Waals surface area contributed by atoms with Crippen molar-refractivity contribution < 1.29 is 86.1 Å². The number of hydrogen-bond donors (Lipinski definition) is 2. The van der Waals surface area contributed by atoms with E-state index in [1.54, 1.807) is 0 Å². The fourth-order valence-corrected chi connectivity index (χ4v) is 0. The Balaban J connectivity index is -0.0000000318. The van der Waals surface area contributed by atoms with Gasteiger partial charge in [-0.2, -0.15) is 0 Å². The van der Waals surface area contributed by atoms with Crippen LogP contribution in [0.5, 0.6) is 0 Å². The van der Waals surface area contributed by atoms with E-state index in [1.165, 1.54) is 0 Å². The third-order valence-electron chi connectivity index (χ3n) is 0. The summed E-state index contributed by atoms with van der Waals surface area (Å²) in [6, 6.07) is 0. The molecule has 0 aliphatic carbocycles. The minimum atomic E-state index is -5.14. The molecule has 0 bridgehead atoms. The first-order chi connectivity index (χ1) is 6.00. The SMILES string of the molecule is O.O=P([O-])([O-])O.O=P([O-])([O-])O.[O]=[V+2].[O]=[V+2]. The zero-order valence-electron chi connectivity index (χ0n) is 6.45. The second-order valence-corrected chi connectivity index (χ2v) is 2.81. The molecular weight excluding hydrogens is 340 g/mol. The van der Waals surface area contributed by atoms with Gasteiger partial charge in [-0.15, -0.1) is 0 Å². The van der Waals surface area contributed by atoms with Crippen molar-refractivity contribution in [1.82, 2.24) is 0 Å². The second-order valence-electron chi connectivity index (χ2n) is 0.937. The van der Waals surface area contributed by atoms with E-state index in [9.17, 15) is 0 Å². The van der Waals surface area contributed by atoms with Gasteiger partial charge in [0.25, 0.3) is 0 Å². The molecular formula is H4O11P2V2. The molecule has 0 aliphatic heterocycles. The van der Waals surface area contributed by atoms with Gasteiger partial charge in [-0.05, 0) is 0 Å². The van der Waals surface area contributed by atoms with E-state index in [1.807, 2.05) is 0 Å². The van der Waals surface area contributed by atoms with Crippen molar-refractivity contribution in [3.05, 3.63) is 0 Å². The molecule has 0 saturated heterocycles. The van der Waals surface area contributed by atoms with Gasteiger partial charge < -0.3 is 44.0 Å². The van der Waals surface area contributed by atoms with Gasteiger partial charge in [0.2, 0.25) is 0 Å². The predicted octanol–water partition coefficient (Wildman–Crippen LogP) is -5.45. The van der Waals surface area contributed by atoms with E-state index in [-0.39, 0.29) is 5.48 Å². The van der Waals surface area contributed by atoms with Crippen molar-refractivity contribution in [2.75, 3.05) is 0 Å². The van der Waals surface area contributed by atoms with E-state index in [4.69, 9.17) is 45.8 Å². The Hall–Kier alpha value is 0.949. The van der Waals surface area contributed by atoms with Crippen LogP contribution in [0, 0.1) is 0 Å². The normalized spacial score (nSPS) is 8.67. The van der Waals surface area contributed by atoms with Crippen molar-refractivity contribution >= 4 is 15.6 Å². The molecule has 0 aromatic carbocycles. The average molecular weight is 344 g/mol. The summed E-state index contributed by atoms with van der Waals surface area (Å²) in [6.45, 7) is 0. The van der Waals surface area contributed by atoms with Crippen molar-refractivity contribution in [3.8, 4) is 0 Å². The third-order valence-corrected chi connectivity index (χ3v) is 0. The Bertz CT molecular complexity index is 150. The monoisotopic (exact) mass is 344 g/mol. The molecule has 0 saturated carbocycles. The Morgan fingerprint density at radius 2 is 0.733 bits per heavy atom. The summed E-state index contributed by atoms with van der Waals surface area (Å²) in [5.74, 6) is 0. The van der Waals surface area contributed by atoms with Gasteiger partial charge in [0.05, 0.1) is 15.6 Å². The summed E-state index contributed by atoms with van der Waals surface area (Å²) in [4.78, 5) is 48.6. The van der Waals surface area contributed by atoms with Crippen molar-refractivity contribution in [1.29, 1.82) is 0 Å². The van der Waals surface area contributed by atoms with E-state index in [0.29, 0.717) is 0 Å². The summed E-state index contributed by atoms with van der Waals surface area (Å²) in [5, 5.41) is 0. The molecule has 0 rings (SSSR count). The van der Waals surface area contributed by atoms with Crippen LogP contribution in [0.25, 0.3) is 0 Å². The fraction of sp³-hybridized carbons (Fsp3) is 0. The van der Waals surface area contributed by atoms with E-state index < -0.39 is 15.6 Å². The fourth-order valence-electron chi connectivity index (χ4n) is 0. The number of rotatable bonds is 0. The average Bonchev–Trinajstić information content (AvgIpc) is 1.88. The summed E-state index contributed by atoms with van der Waals surface area (Å²) in [7, 11) is -10.3. The van der Waals surface area contributed by atoms with E-state index >= 15 is 0 Å². The summed E-state index contributed by atoms with van der Waals surface area (Å²) < 4.78 is 33.7. The first-order valence-corrected chi connectivity index (χ1v) is 5.99. The molecule has 0 aromatic rings. The molecule has 0 heterocycles. The zero-order valence-corrected chi connectivity index (χ0v) is 11.0. The molecule has 0 spiro atoms. The van der Waals surface area contributed by atoms with Crippen LogP contribution in [0.1, 0.15) is 0 Å². The Kier molecular flexibility index (Phi) is 34.4. The zero-order chi connectivity index (χ0) is 13.0. The van der Waals surface area contributed by atoms with E-state index in [2.05, 4.69) is 0 Å². The van der Waals surface area contributed by atoms with Gasteiger partial charge in [0, 0.05) is 0 Å². The molecule has 4 N–H and O–H groups in total. The Labute approximate surface area is 102 Å². The van der Waals surface area contributed by atoms with Crippen LogP contribution >= 0.6 is 15.6 Å². The quantitative estimate of drug-likeness (QED) is 0.395. The first kappa shape index (κ1) is 29.7. The van der Waals surface area contributed by atoms with Gasteiger partial charge in [-0.25, -0.2) is 0 Å². The van der Waals surface area contributed by atoms with Crippen molar-refractivity contribution in [2.24, 2.45) is 0 Å². The van der Waals surface area contributed by atoms with Gasteiger partial charge in [-0.3, -0.25) is 0 Å². The summed E-state index contributed by atoms with van der Waals surface area (Å²) >= 11 is 2.12. The second kappa shape index (κ2) is 17.3. The molecule has 90 valence electrons. The molecule has 0 aliphatic rings. The van der Waals surface area contributed by atoms with Crippen LogP contribution in [0.15, 0.2) is 0 Å². The third kappa shape index (κ3) is 2780. The van der Waals surface area contributed by atoms with Gasteiger partial charge in [-0.1, -0.05) is 0 Å². The maximum absolute atomic E-state index is 8.66. The first-order valence-electron chi connectivity index (χ1n) is 1.86. The van der Waals surface area contributed by atoms with Crippen LogP contribution < -0.4 is 19.6 Å². The van der Waals surface area contributed by atoms with Crippen LogP contribution in [0.2, 0.25) is 0 Å². The summed E-state index contributed by atoms with van der Waals surface area (Å²) in [5.41, 5.74) is 0. The van der Waals surface area contributed by atoms with Crippen molar-refractivity contribution in [3.63, 3.8) is 0 Å². The predicted molar refractivity (Wildman–Crippen MR) is 24.6 cm³/mol. The van der Waals surface area contributed by atoms with Crippen LogP contribution in [0.4, 0.5) is 0 Å². The molecule has 0 aromatic heterocycles. The standard InChI is InChI=1S/2H3O4P.H2O.2O.2V/c2*1-5(2,3)4;;;;;/h2*(H3,1,2,3,4);1H2;;;;/q;;;;;2*+2/p-4. The number of hydrogen-bond acceptors (Lipinski definition) is 8. The molecule has 0 amide bonds. The molecule has 0 radical (unpaired) electrons. The number of phosphoric acid groups is 2. The molecule has 0 unspecified atom stereocenters. The Morgan fingerprint density at radius 3 is 0.733 bits per heavy atom. The van der Waals surface area contributed by atoms with Gasteiger partial charge in [0.15, 0.2) is 0 Å². The molecule has 0 fully saturated rings. The maximum atomic E-state index is 8.66. The van der Waals surface area contributed by atoms with Gasteiger partial charge in [0.1, 0.15) is 0 Å². The van der Waals surface area contributed by atoms with E-state index in [0.717, 1.165) is 34.7 Å². The van der Waals surface area contributed by atoms with Crippen LogP contribution in [-0.2, 0) is 51.2 Å². The molecule has 11 nitrogen and oxygen atoms in total. The summed E-state index contributed by atoms with van der Waals surface area (Å²) in [6.07, 6.45) is 0. The molecule has 15 heteroatoms. The Morgan fingerprint density at radius 1 is 0.733 bits per heavy atom. The van der Waals surface area contributed by atoms with Crippen LogP contribution in [-0.4, -0.2) is 15.3 Å². The van der Waals surface area contributed by atoms with Crippen LogP contribution in [0.3, 0.4) is 0 Å². The minimum absolute atomic E-state index is 0. The van der Waals surface area contributed by atoms with Gasteiger partial charge >= 0.3 is 42.1 Å².